The van der Waals surface area contributed by atoms with E-state index in [0.29, 0.717) is 6.61 Å². The first-order chi connectivity index (χ1) is 7.81. The molecule has 2 nitrogen and oxygen atoms in total. The molecule has 0 fully saturated rings. The van der Waals surface area contributed by atoms with Crippen LogP contribution in [0.1, 0.15) is 22.8 Å². The Labute approximate surface area is 99.1 Å². The highest BCUT2D eigenvalue weighted by Crippen LogP contribution is 2.23. The highest BCUT2D eigenvalue weighted by molar-refractivity contribution is 7.07. The SMILES string of the molecule is COCc1ccc(C(O)c2ccsc2)cc1. The van der Waals surface area contributed by atoms with E-state index < -0.39 is 6.10 Å². The Hall–Kier alpha value is -1.16. The number of hydrogen-bond donors (Lipinski definition) is 1. The van der Waals surface area contributed by atoms with E-state index in [1.165, 1.54) is 0 Å². The number of ether oxygens (including phenoxy) is 1. The fourth-order valence-corrected chi connectivity index (χ4v) is 2.26. The van der Waals surface area contributed by atoms with E-state index in [2.05, 4.69) is 0 Å². The van der Waals surface area contributed by atoms with Crippen LogP contribution in [0.25, 0.3) is 0 Å². The quantitative estimate of drug-likeness (QED) is 0.881. The van der Waals surface area contributed by atoms with Crippen LogP contribution in [0.2, 0.25) is 0 Å². The number of aliphatic hydroxyl groups excluding tert-OH is 1. The van der Waals surface area contributed by atoms with Crippen molar-refractivity contribution in [2.45, 2.75) is 12.7 Å². The van der Waals surface area contributed by atoms with Gasteiger partial charge in [-0.3, -0.25) is 0 Å². The number of benzene rings is 1. The van der Waals surface area contributed by atoms with E-state index >= 15 is 0 Å². The molecular weight excluding hydrogens is 220 g/mol. The molecule has 1 heterocycles. The van der Waals surface area contributed by atoms with Crippen LogP contribution in [0.15, 0.2) is 41.1 Å². The van der Waals surface area contributed by atoms with E-state index in [4.69, 9.17) is 4.74 Å². The van der Waals surface area contributed by atoms with Crippen LogP contribution in [0, 0.1) is 0 Å². The summed E-state index contributed by atoms with van der Waals surface area (Å²) in [6.45, 7) is 0.606. The molecule has 3 heteroatoms. The molecule has 0 aliphatic heterocycles. The van der Waals surface area contributed by atoms with Gasteiger partial charge < -0.3 is 9.84 Å². The lowest BCUT2D eigenvalue weighted by Crippen LogP contribution is -1.98. The van der Waals surface area contributed by atoms with Crippen LogP contribution in [0.3, 0.4) is 0 Å². The third-order valence-electron chi connectivity index (χ3n) is 2.47. The second kappa shape index (κ2) is 5.25. The Bertz CT molecular complexity index is 420. The van der Waals surface area contributed by atoms with Gasteiger partial charge in [0.2, 0.25) is 0 Å². The highest BCUT2D eigenvalue weighted by atomic mass is 32.1. The number of methoxy groups -OCH3 is 1. The van der Waals surface area contributed by atoms with Crippen LogP contribution in [0.5, 0.6) is 0 Å². The minimum absolute atomic E-state index is 0.525. The summed E-state index contributed by atoms with van der Waals surface area (Å²) in [5, 5.41) is 14.0. The zero-order chi connectivity index (χ0) is 11.4. The van der Waals surface area contributed by atoms with Crippen molar-refractivity contribution in [2.75, 3.05) is 7.11 Å². The third-order valence-corrected chi connectivity index (χ3v) is 3.17. The first-order valence-electron chi connectivity index (χ1n) is 5.09. The van der Waals surface area contributed by atoms with E-state index in [9.17, 15) is 5.11 Å². The van der Waals surface area contributed by atoms with Gasteiger partial charge in [0.25, 0.3) is 0 Å². The Morgan fingerprint density at radius 3 is 2.50 bits per heavy atom. The Kier molecular flexibility index (Phi) is 3.72. The fraction of sp³-hybridized carbons (Fsp3) is 0.231. The van der Waals surface area contributed by atoms with Crippen LogP contribution in [-0.4, -0.2) is 12.2 Å². The molecule has 0 radical (unpaired) electrons. The summed E-state index contributed by atoms with van der Waals surface area (Å²) in [6, 6.07) is 9.79. The summed E-state index contributed by atoms with van der Waals surface area (Å²) in [5.41, 5.74) is 2.98. The zero-order valence-electron chi connectivity index (χ0n) is 9.09. The van der Waals surface area contributed by atoms with Crippen LogP contribution in [-0.2, 0) is 11.3 Å². The van der Waals surface area contributed by atoms with Gasteiger partial charge in [0.1, 0.15) is 6.10 Å². The lowest BCUT2D eigenvalue weighted by Gasteiger charge is -2.09. The number of hydrogen-bond acceptors (Lipinski definition) is 3. The molecule has 0 spiro atoms. The Morgan fingerprint density at radius 2 is 1.94 bits per heavy atom. The van der Waals surface area contributed by atoms with Gasteiger partial charge in [-0.15, -0.1) is 0 Å². The second-order valence-electron chi connectivity index (χ2n) is 3.63. The van der Waals surface area contributed by atoms with Gasteiger partial charge in [0, 0.05) is 7.11 Å². The van der Waals surface area contributed by atoms with Crippen LogP contribution >= 0.6 is 11.3 Å². The van der Waals surface area contributed by atoms with Gasteiger partial charge in [-0.05, 0) is 33.5 Å². The number of aliphatic hydroxyl groups is 1. The van der Waals surface area contributed by atoms with Gasteiger partial charge >= 0.3 is 0 Å². The lowest BCUT2D eigenvalue weighted by molar-refractivity contribution is 0.184. The summed E-state index contributed by atoms with van der Waals surface area (Å²) in [7, 11) is 1.67. The minimum atomic E-state index is -0.525. The average Bonchev–Trinajstić information content (AvgIpc) is 2.83. The van der Waals surface area contributed by atoms with Gasteiger partial charge in [-0.2, -0.15) is 11.3 Å². The zero-order valence-corrected chi connectivity index (χ0v) is 9.91. The second-order valence-corrected chi connectivity index (χ2v) is 4.41. The van der Waals surface area contributed by atoms with Gasteiger partial charge in [0.05, 0.1) is 6.61 Å². The highest BCUT2D eigenvalue weighted by Gasteiger charge is 2.10. The first-order valence-corrected chi connectivity index (χ1v) is 6.03. The van der Waals surface area contributed by atoms with E-state index in [0.717, 1.165) is 16.7 Å². The molecule has 0 saturated carbocycles. The van der Waals surface area contributed by atoms with Crippen molar-refractivity contribution < 1.29 is 9.84 Å². The van der Waals surface area contributed by atoms with E-state index in [-0.39, 0.29) is 0 Å². The van der Waals surface area contributed by atoms with Crippen molar-refractivity contribution in [3.05, 3.63) is 57.8 Å². The average molecular weight is 234 g/mol. The smallest absolute Gasteiger partial charge is 0.105 e. The van der Waals surface area contributed by atoms with Gasteiger partial charge in [-0.1, -0.05) is 24.3 Å². The molecule has 1 N–H and O–H groups in total. The molecule has 0 aliphatic rings. The van der Waals surface area contributed by atoms with E-state index in [1.807, 2.05) is 41.1 Å². The summed E-state index contributed by atoms with van der Waals surface area (Å²) >= 11 is 1.59. The molecule has 0 saturated heterocycles. The molecule has 1 unspecified atom stereocenters. The van der Waals surface area contributed by atoms with Crippen molar-refractivity contribution in [2.24, 2.45) is 0 Å². The van der Waals surface area contributed by atoms with Crippen molar-refractivity contribution in [3.63, 3.8) is 0 Å². The normalized spacial score (nSPS) is 12.6. The molecule has 0 bridgehead atoms. The molecule has 84 valence electrons. The van der Waals surface area contributed by atoms with Crippen molar-refractivity contribution in [3.8, 4) is 0 Å². The number of rotatable bonds is 4. The van der Waals surface area contributed by atoms with Crippen LogP contribution < -0.4 is 0 Å². The van der Waals surface area contributed by atoms with Crippen molar-refractivity contribution in [1.82, 2.24) is 0 Å². The van der Waals surface area contributed by atoms with Crippen molar-refractivity contribution >= 4 is 11.3 Å². The summed E-state index contributed by atoms with van der Waals surface area (Å²) < 4.78 is 5.04. The maximum Gasteiger partial charge on any atom is 0.105 e. The monoisotopic (exact) mass is 234 g/mol. The van der Waals surface area contributed by atoms with Gasteiger partial charge in [0.15, 0.2) is 0 Å². The summed E-state index contributed by atoms with van der Waals surface area (Å²) in [5.74, 6) is 0. The molecule has 2 aromatic rings. The standard InChI is InChI=1S/C13H14O2S/c1-15-8-10-2-4-11(5-3-10)13(14)12-6-7-16-9-12/h2-7,9,13-14H,8H2,1H3. The predicted molar refractivity (Wildman–Crippen MR) is 65.5 cm³/mol. The third kappa shape index (κ3) is 2.50. The summed E-state index contributed by atoms with van der Waals surface area (Å²) in [6.07, 6.45) is -0.525. The molecule has 2 rings (SSSR count). The molecule has 1 atom stereocenters. The minimum Gasteiger partial charge on any atom is -0.384 e. The Balaban J connectivity index is 2.15. The fourth-order valence-electron chi connectivity index (χ4n) is 1.59. The molecule has 16 heavy (non-hydrogen) atoms. The maximum absolute atomic E-state index is 10.1. The molecule has 0 aliphatic carbocycles. The molecule has 0 amide bonds. The summed E-state index contributed by atoms with van der Waals surface area (Å²) in [4.78, 5) is 0. The molecule has 1 aromatic carbocycles. The molecule has 1 aromatic heterocycles. The first kappa shape index (κ1) is 11.3. The van der Waals surface area contributed by atoms with E-state index in [1.54, 1.807) is 18.4 Å². The largest absolute Gasteiger partial charge is 0.384 e. The van der Waals surface area contributed by atoms with Gasteiger partial charge in [-0.25, -0.2) is 0 Å². The predicted octanol–water partition coefficient (Wildman–Crippen LogP) is 2.98. The Morgan fingerprint density at radius 1 is 1.19 bits per heavy atom. The van der Waals surface area contributed by atoms with Crippen LogP contribution in [0.4, 0.5) is 0 Å². The number of thiophene rings is 1. The molecular formula is C13H14O2S. The maximum atomic E-state index is 10.1. The topological polar surface area (TPSA) is 29.5 Å². The lowest BCUT2D eigenvalue weighted by atomic mass is 10.0. The van der Waals surface area contributed by atoms with Crippen molar-refractivity contribution in [1.29, 1.82) is 0 Å².